The number of methoxy groups -OCH3 is 1. The monoisotopic (exact) mass is 329 g/mol. The second-order valence-corrected chi connectivity index (χ2v) is 6.60. The van der Waals surface area contributed by atoms with Crippen LogP contribution in [0.2, 0.25) is 0 Å². The van der Waals surface area contributed by atoms with E-state index in [2.05, 4.69) is 24.9 Å². The minimum Gasteiger partial charge on any atom is -0.481 e. The Hall–Kier alpha value is -2.15. The summed E-state index contributed by atoms with van der Waals surface area (Å²) in [6.45, 7) is 3.09. The third kappa shape index (κ3) is 3.36. The topological polar surface area (TPSA) is 67.5 Å². The number of hydrogen-bond donors (Lipinski definition) is 0. The van der Waals surface area contributed by atoms with Crippen molar-refractivity contribution < 1.29 is 9.26 Å². The van der Waals surface area contributed by atoms with E-state index in [-0.39, 0.29) is 0 Å². The van der Waals surface area contributed by atoms with E-state index in [0.29, 0.717) is 18.0 Å². The number of likely N-dealkylation sites (tertiary alicyclic amines) is 1. The Morgan fingerprint density at radius 3 is 2.67 bits per heavy atom. The zero-order chi connectivity index (χ0) is 16.4. The number of nitrogens with zero attached hydrogens (tertiary/aromatic N) is 5. The van der Waals surface area contributed by atoms with Crippen LogP contribution < -0.4 is 9.64 Å². The second-order valence-electron chi connectivity index (χ2n) is 6.60. The molecule has 1 aliphatic heterocycles. The van der Waals surface area contributed by atoms with Crippen LogP contribution in [-0.2, 0) is 6.54 Å². The lowest BCUT2D eigenvalue weighted by Gasteiger charge is -2.39. The molecule has 24 heavy (non-hydrogen) atoms. The molecule has 2 aromatic rings. The molecule has 4 rings (SSSR count). The Labute approximate surface area is 141 Å². The van der Waals surface area contributed by atoms with E-state index in [0.717, 1.165) is 43.9 Å². The van der Waals surface area contributed by atoms with Crippen molar-refractivity contribution in [1.29, 1.82) is 0 Å². The van der Waals surface area contributed by atoms with Gasteiger partial charge in [-0.05, 0) is 25.7 Å². The lowest BCUT2D eigenvalue weighted by atomic mass is 10.0. The molecule has 0 radical (unpaired) electrons. The van der Waals surface area contributed by atoms with Gasteiger partial charge in [0.15, 0.2) is 0 Å². The average molecular weight is 329 g/mol. The molecule has 128 valence electrons. The van der Waals surface area contributed by atoms with Gasteiger partial charge in [-0.1, -0.05) is 5.16 Å². The number of aromatic nitrogens is 3. The molecule has 0 spiro atoms. The van der Waals surface area contributed by atoms with Gasteiger partial charge in [-0.2, -0.15) is 0 Å². The van der Waals surface area contributed by atoms with Crippen molar-refractivity contribution in [3.8, 4) is 5.88 Å². The predicted molar refractivity (Wildman–Crippen MR) is 88.9 cm³/mol. The molecule has 0 amide bonds. The summed E-state index contributed by atoms with van der Waals surface area (Å²) in [5.74, 6) is 1.64. The van der Waals surface area contributed by atoms with Crippen molar-refractivity contribution in [2.45, 2.75) is 44.3 Å². The first-order chi connectivity index (χ1) is 11.8. The first kappa shape index (κ1) is 15.4. The van der Waals surface area contributed by atoms with Crippen LogP contribution in [0.25, 0.3) is 0 Å². The van der Waals surface area contributed by atoms with Crippen molar-refractivity contribution >= 4 is 5.82 Å². The van der Waals surface area contributed by atoms with Crippen LogP contribution in [0.1, 0.15) is 31.2 Å². The highest BCUT2D eigenvalue weighted by atomic mass is 16.5. The van der Waals surface area contributed by atoms with E-state index >= 15 is 0 Å². The number of piperidine rings is 1. The van der Waals surface area contributed by atoms with Crippen LogP contribution in [0.4, 0.5) is 5.82 Å². The fourth-order valence-corrected chi connectivity index (χ4v) is 3.53. The van der Waals surface area contributed by atoms with Crippen LogP contribution in [0.5, 0.6) is 5.88 Å². The minimum absolute atomic E-state index is 0.538. The highest BCUT2D eigenvalue weighted by Gasteiger charge is 2.36. The summed E-state index contributed by atoms with van der Waals surface area (Å²) in [6, 6.07) is 3.12. The van der Waals surface area contributed by atoms with E-state index in [1.807, 2.05) is 6.07 Å². The van der Waals surface area contributed by atoms with Gasteiger partial charge < -0.3 is 14.2 Å². The Kier molecular flexibility index (Phi) is 4.34. The maximum absolute atomic E-state index is 5.27. The van der Waals surface area contributed by atoms with Gasteiger partial charge in [0, 0.05) is 43.3 Å². The van der Waals surface area contributed by atoms with Crippen LogP contribution >= 0.6 is 0 Å². The Balaban J connectivity index is 1.42. The Morgan fingerprint density at radius 1 is 1.21 bits per heavy atom. The lowest BCUT2D eigenvalue weighted by molar-refractivity contribution is 0.200. The molecule has 0 atom stereocenters. The molecule has 1 saturated heterocycles. The highest BCUT2D eigenvalue weighted by Crippen LogP contribution is 2.36. The van der Waals surface area contributed by atoms with Crippen molar-refractivity contribution in [2.24, 2.45) is 0 Å². The molecule has 3 heterocycles. The van der Waals surface area contributed by atoms with Gasteiger partial charge in [0.25, 0.3) is 0 Å². The molecule has 0 aromatic carbocycles. The minimum atomic E-state index is 0.538. The van der Waals surface area contributed by atoms with Crippen LogP contribution in [0.3, 0.4) is 0 Å². The molecule has 1 aliphatic carbocycles. The normalized spacial score (nSPS) is 19.4. The van der Waals surface area contributed by atoms with Crippen molar-refractivity contribution in [1.82, 2.24) is 20.0 Å². The van der Waals surface area contributed by atoms with Gasteiger partial charge in [0.05, 0.1) is 13.3 Å². The fourth-order valence-electron chi connectivity index (χ4n) is 3.53. The zero-order valence-corrected chi connectivity index (χ0v) is 14.0. The standard InChI is InChI=1S/C17H23N5O2/c1-23-17-8-16(18-12-19-17)22(14-2-3-14)15-4-6-21(7-5-15)10-13-9-20-24-11-13/h8-9,11-12,14-15H,2-7,10H2,1H3. The zero-order valence-electron chi connectivity index (χ0n) is 14.0. The van der Waals surface area contributed by atoms with Crippen LogP contribution in [-0.4, -0.2) is 52.3 Å². The molecule has 2 fully saturated rings. The molecule has 2 aromatic heterocycles. The van der Waals surface area contributed by atoms with Crippen molar-refractivity contribution in [3.05, 3.63) is 30.4 Å². The first-order valence-corrected chi connectivity index (χ1v) is 8.58. The summed E-state index contributed by atoms with van der Waals surface area (Å²) in [6.07, 6.45) is 9.94. The van der Waals surface area contributed by atoms with Crippen LogP contribution in [0, 0.1) is 0 Å². The summed E-state index contributed by atoms with van der Waals surface area (Å²) in [5, 5.41) is 3.78. The van der Waals surface area contributed by atoms with E-state index < -0.39 is 0 Å². The van der Waals surface area contributed by atoms with Gasteiger partial charge in [-0.3, -0.25) is 4.90 Å². The molecule has 7 nitrogen and oxygen atoms in total. The van der Waals surface area contributed by atoms with Crippen molar-refractivity contribution in [2.75, 3.05) is 25.1 Å². The van der Waals surface area contributed by atoms with Gasteiger partial charge in [-0.15, -0.1) is 0 Å². The Bertz CT molecular complexity index is 651. The molecule has 7 heteroatoms. The van der Waals surface area contributed by atoms with E-state index in [1.165, 1.54) is 12.8 Å². The molecule has 1 saturated carbocycles. The molecule has 2 aliphatic rings. The SMILES string of the molecule is COc1cc(N(C2CC2)C2CCN(Cc3cnoc3)CC2)ncn1. The van der Waals surface area contributed by atoms with Crippen molar-refractivity contribution in [3.63, 3.8) is 0 Å². The summed E-state index contributed by atoms with van der Waals surface area (Å²) in [4.78, 5) is 13.6. The van der Waals surface area contributed by atoms with Gasteiger partial charge in [0.1, 0.15) is 18.4 Å². The first-order valence-electron chi connectivity index (χ1n) is 8.58. The van der Waals surface area contributed by atoms with Gasteiger partial charge >= 0.3 is 0 Å². The smallest absolute Gasteiger partial charge is 0.218 e. The van der Waals surface area contributed by atoms with E-state index in [1.54, 1.807) is 25.9 Å². The Morgan fingerprint density at radius 2 is 2.00 bits per heavy atom. The lowest BCUT2D eigenvalue weighted by Crippen LogP contribution is -2.46. The quantitative estimate of drug-likeness (QED) is 0.804. The number of anilines is 1. The average Bonchev–Trinajstić information content (AvgIpc) is 3.32. The molecule has 0 unspecified atom stereocenters. The molecular formula is C17H23N5O2. The molecule has 0 bridgehead atoms. The summed E-state index contributed by atoms with van der Waals surface area (Å²) in [5.41, 5.74) is 1.15. The highest BCUT2D eigenvalue weighted by molar-refractivity contribution is 5.45. The molecule has 0 N–H and O–H groups in total. The number of hydrogen-bond acceptors (Lipinski definition) is 7. The second kappa shape index (κ2) is 6.76. The third-order valence-corrected chi connectivity index (χ3v) is 4.88. The predicted octanol–water partition coefficient (Wildman–Crippen LogP) is 2.11. The maximum atomic E-state index is 5.27. The van der Waals surface area contributed by atoms with E-state index in [4.69, 9.17) is 9.26 Å². The number of rotatable bonds is 6. The summed E-state index contributed by atoms with van der Waals surface area (Å²) < 4.78 is 10.2. The van der Waals surface area contributed by atoms with Gasteiger partial charge in [-0.25, -0.2) is 9.97 Å². The molecular weight excluding hydrogens is 306 g/mol. The van der Waals surface area contributed by atoms with Gasteiger partial charge in [0.2, 0.25) is 5.88 Å². The largest absolute Gasteiger partial charge is 0.481 e. The summed E-state index contributed by atoms with van der Waals surface area (Å²) in [7, 11) is 1.65. The van der Waals surface area contributed by atoms with E-state index in [9.17, 15) is 0 Å². The van der Waals surface area contributed by atoms with Crippen LogP contribution in [0.15, 0.2) is 29.4 Å². The summed E-state index contributed by atoms with van der Waals surface area (Å²) >= 11 is 0. The maximum Gasteiger partial charge on any atom is 0.218 e. The fraction of sp³-hybridized carbons (Fsp3) is 0.588. The number of ether oxygens (including phenoxy) is 1. The third-order valence-electron chi connectivity index (χ3n) is 4.88.